The summed E-state index contributed by atoms with van der Waals surface area (Å²) >= 11 is 0. The van der Waals surface area contributed by atoms with E-state index in [-0.39, 0.29) is 5.54 Å². The quantitative estimate of drug-likeness (QED) is 0.651. The van der Waals surface area contributed by atoms with Crippen LogP contribution < -0.4 is 5.43 Å². The molecule has 0 bridgehead atoms. The van der Waals surface area contributed by atoms with Gasteiger partial charge in [0.05, 0.1) is 0 Å². The molecule has 0 amide bonds. The van der Waals surface area contributed by atoms with E-state index in [9.17, 15) is 4.21 Å². The molecule has 1 fully saturated rings. The summed E-state index contributed by atoms with van der Waals surface area (Å²) in [5, 5.41) is 4.32. The van der Waals surface area contributed by atoms with Crippen molar-refractivity contribution in [2.75, 3.05) is 11.5 Å². The van der Waals surface area contributed by atoms with Crippen LogP contribution in [0.3, 0.4) is 0 Å². The van der Waals surface area contributed by atoms with Gasteiger partial charge in [-0.3, -0.25) is 4.21 Å². The fraction of sp³-hybridized carbons (Fsp3) is 0.889. The number of hydrogen-bond acceptors (Lipinski definition) is 3. The first-order valence-corrected chi connectivity index (χ1v) is 6.14. The molecule has 0 spiro atoms. The van der Waals surface area contributed by atoms with Gasteiger partial charge < -0.3 is 5.43 Å². The molecule has 1 N–H and O–H groups in total. The fourth-order valence-electron chi connectivity index (χ4n) is 1.05. The molecule has 1 rings (SSSR count). The normalized spacial score (nSPS) is 24.2. The van der Waals surface area contributed by atoms with Gasteiger partial charge in [-0.1, -0.05) is 0 Å². The average molecular weight is 202 g/mol. The van der Waals surface area contributed by atoms with E-state index in [4.69, 9.17) is 0 Å². The smallest absolute Gasteiger partial charge is 0.0464 e. The van der Waals surface area contributed by atoms with Gasteiger partial charge in [0.15, 0.2) is 0 Å². The molecule has 0 aromatic carbocycles. The van der Waals surface area contributed by atoms with E-state index < -0.39 is 10.8 Å². The van der Waals surface area contributed by atoms with Gasteiger partial charge in [0.2, 0.25) is 0 Å². The van der Waals surface area contributed by atoms with Crippen LogP contribution in [0.2, 0.25) is 0 Å². The molecule has 0 saturated carbocycles. The summed E-state index contributed by atoms with van der Waals surface area (Å²) in [5.74, 6) is 1.56. The molecule has 0 aromatic heterocycles. The van der Waals surface area contributed by atoms with Crippen LogP contribution in [0.25, 0.3) is 0 Å². The van der Waals surface area contributed by atoms with Crippen molar-refractivity contribution in [3.8, 4) is 0 Å². The summed E-state index contributed by atoms with van der Waals surface area (Å²) in [6.45, 7) is 6.24. The molecule has 0 aromatic rings. The number of hydrazone groups is 1. The van der Waals surface area contributed by atoms with Crippen LogP contribution in [0, 0.1) is 0 Å². The molecule has 4 heteroatoms. The zero-order chi connectivity index (χ0) is 9.90. The second-order valence-corrected chi connectivity index (χ2v) is 6.08. The molecule has 13 heavy (non-hydrogen) atoms. The van der Waals surface area contributed by atoms with E-state index in [0.717, 1.165) is 30.1 Å². The molecule has 1 aliphatic rings. The van der Waals surface area contributed by atoms with Gasteiger partial charge in [0.1, 0.15) is 0 Å². The third-order valence-electron chi connectivity index (χ3n) is 1.79. The second kappa shape index (κ2) is 4.22. The van der Waals surface area contributed by atoms with Gasteiger partial charge in [-0.25, -0.2) is 0 Å². The SMILES string of the molecule is CC(C)(C)NN=C1CCS(=O)CC1. The molecule has 0 unspecified atom stereocenters. The van der Waals surface area contributed by atoms with E-state index in [2.05, 4.69) is 31.3 Å². The molecule has 1 heterocycles. The molecule has 1 saturated heterocycles. The Labute approximate surface area is 82.4 Å². The molecule has 3 nitrogen and oxygen atoms in total. The predicted octanol–water partition coefficient (Wildman–Crippen LogP) is 1.27. The second-order valence-electron chi connectivity index (χ2n) is 4.39. The maximum atomic E-state index is 11.0. The van der Waals surface area contributed by atoms with Crippen molar-refractivity contribution >= 4 is 16.5 Å². The molecular formula is C9H18N2OS. The highest BCUT2D eigenvalue weighted by atomic mass is 32.2. The average Bonchev–Trinajstić information content (AvgIpc) is 2.02. The minimum Gasteiger partial charge on any atom is -0.305 e. The summed E-state index contributed by atoms with van der Waals surface area (Å²) < 4.78 is 11.0. The van der Waals surface area contributed by atoms with Crippen LogP contribution in [0.5, 0.6) is 0 Å². The van der Waals surface area contributed by atoms with E-state index in [1.807, 2.05) is 0 Å². The highest BCUT2D eigenvalue weighted by Crippen LogP contribution is 2.06. The first-order valence-electron chi connectivity index (χ1n) is 4.65. The van der Waals surface area contributed by atoms with Crippen LogP contribution in [0.15, 0.2) is 5.10 Å². The molecular weight excluding hydrogens is 184 g/mol. The molecule has 1 aliphatic heterocycles. The van der Waals surface area contributed by atoms with Crippen molar-refractivity contribution in [3.05, 3.63) is 0 Å². The number of nitrogens with zero attached hydrogens (tertiary/aromatic N) is 1. The van der Waals surface area contributed by atoms with E-state index in [1.54, 1.807) is 0 Å². The summed E-state index contributed by atoms with van der Waals surface area (Å²) in [5.41, 5.74) is 4.29. The summed E-state index contributed by atoms with van der Waals surface area (Å²) in [6.07, 6.45) is 1.77. The van der Waals surface area contributed by atoms with Gasteiger partial charge >= 0.3 is 0 Å². The predicted molar refractivity (Wildman–Crippen MR) is 57.4 cm³/mol. The van der Waals surface area contributed by atoms with Gasteiger partial charge in [-0.15, -0.1) is 0 Å². The topological polar surface area (TPSA) is 41.5 Å². The number of rotatable bonds is 1. The maximum absolute atomic E-state index is 11.0. The minimum atomic E-state index is -0.594. The van der Waals surface area contributed by atoms with Gasteiger partial charge in [0.25, 0.3) is 0 Å². The highest BCUT2D eigenvalue weighted by molar-refractivity contribution is 7.85. The Hall–Kier alpha value is -0.380. The zero-order valence-electron chi connectivity index (χ0n) is 8.59. The first-order chi connectivity index (χ1) is 5.97. The lowest BCUT2D eigenvalue weighted by atomic mass is 10.1. The van der Waals surface area contributed by atoms with Crippen LogP contribution in [-0.2, 0) is 10.8 Å². The van der Waals surface area contributed by atoms with Gasteiger partial charge in [-0.2, -0.15) is 5.10 Å². The third kappa shape index (κ3) is 4.41. The van der Waals surface area contributed by atoms with Crippen molar-refractivity contribution in [1.29, 1.82) is 0 Å². The van der Waals surface area contributed by atoms with Crippen molar-refractivity contribution in [3.63, 3.8) is 0 Å². The Kier molecular flexibility index (Phi) is 3.47. The van der Waals surface area contributed by atoms with Crippen LogP contribution in [0.1, 0.15) is 33.6 Å². The lowest BCUT2D eigenvalue weighted by molar-refractivity contribution is 0.440. The van der Waals surface area contributed by atoms with E-state index in [1.165, 1.54) is 0 Å². The number of nitrogens with one attached hydrogen (secondary N) is 1. The summed E-state index contributed by atoms with van der Waals surface area (Å²) in [4.78, 5) is 0. The Morgan fingerprint density at radius 2 is 1.85 bits per heavy atom. The lowest BCUT2D eigenvalue weighted by Gasteiger charge is -2.20. The Morgan fingerprint density at radius 3 is 2.31 bits per heavy atom. The lowest BCUT2D eigenvalue weighted by Crippen LogP contribution is -2.33. The van der Waals surface area contributed by atoms with Crippen molar-refractivity contribution in [2.45, 2.75) is 39.2 Å². The van der Waals surface area contributed by atoms with Gasteiger partial charge in [-0.05, 0) is 33.6 Å². The fourth-order valence-corrected chi connectivity index (χ4v) is 2.18. The Bertz CT molecular complexity index is 218. The summed E-state index contributed by atoms with van der Waals surface area (Å²) in [6, 6.07) is 0. The molecule has 0 aliphatic carbocycles. The van der Waals surface area contributed by atoms with E-state index in [0.29, 0.717) is 0 Å². The number of hydrogen-bond donors (Lipinski definition) is 1. The highest BCUT2D eigenvalue weighted by Gasteiger charge is 2.14. The van der Waals surface area contributed by atoms with E-state index >= 15 is 0 Å². The Balaban J connectivity index is 2.40. The minimum absolute atomic E-state index is 0.0313. The first kappa shape index (κ1) is 10.7. The third-order valence-corrected chi connectivity index (χ3v) is 3.10. The van der Waals surface area contributed by atoms with Crippen LogP contribution in [-0.4, -0.2) is 27.0 Å². The molecule has 0 atom stereocenters. The molecule has 76 valence electrons. The molecule has 0 radical (unpaired) electrons. The standard InChI is InChI=1S/C9H18N2OS/c1-9(2,3)11-10-8-4-6-13(12)7-5-8/h11H,4-7H2,1-3H3. The largest absolute Gasteiger partial charge is 0.305 e. The Morgan fingerprint density at radius 1 is 1.31 bits per heavy atom. The zero-order valence-corrected chi connectivity index (χ0v) is 9.41. The van der Waals surface area contributed by atoms with Gasteiger partial charge in [0, 0.05) is 33.6 Å². The van der Waals surface area contributed by atoms with Crippen molar-refractivity contribution in [1.82, 2.24) is 5.43 Å². The monoisotopic (exact) mass is 202 g/mol. The summed E-state index contributed by atoms with van der Waals surface area (Å²) in [7, 11) is -0.594. The van der Waals surface area contributed by atoms with Crippen LogP contribution >= 0.6 is 0 Å². The van der Waals surface area contributed by atoms with Crippen molar-refractivity contribution < 1.29 is 4.21 Å². The van der Waals surface area contributed by atoms with Crippen molar-refractivity contribution in [2.24, 2.45) is 5.10 Å². The van der Waals surface area contributed by atoms with Crippen LogP contribution in [0.4, 0.5) is 0 Å². The maximum Gasteiger partial charge on any atom is 0.0464 e.